The van der Waals surface area contributed by atoms with Gasteiger partial charge in [0, 0.05) is 22.7 Å². The topological polar surface area (TPSA) is 105 Å². The van der Waals surface area contributed by atoms with Crippen LogP contribution in [-0.4, -0.2) is 41.9 Å². The maximum Gasteiger partial charge on any atom is 0.311 e. The van der Waals surface area contributed by atoms with E-state index in [0.29, 0.717) is 16.3 Å². The van der Waals surface area contributed by atoms with E-state index in [1.807, 2.05) is 26.0 Å². The molecule has 0 spiro atoms. The predicted octanol–water partition coefficient (Wildman–Crippen LogP) is 2.63. The largest absolute Gasteiger partial charge is 0.455 e. The van der Waals surface area contributed by atoms with E-state index >= 15 is 0 Å². The van der Waals surface area contributed by atoms with Crippen LogP contribution in [0.5, 0.6) is 0 Å². The summed E-state index contributed by atoms with van der Waals surface area (Å²) in [4.78, 5) is 48.8. The molecule has 3 amide bonds. The van der Waals surface area contributed by atoms with Crippen molar-refractivity contribution in [2.75, 3.05) is 18.5 Å². The van der Waals surface area contributed by atoms with Crippen molar-refractivity contribution in [1.29, 1.82) is 0 Å². The van der Waals surface area contributed by atoms with Gasteiger partial charge in [-0.1, -0.05) is 23.7 Å². The fraction of sp³-hybridized carbons (Fsp3) is 0.273. The number of hydrogen-bond donors (Lipinski definition) is 2. The van der Waals surface area contributed by atoms with E-state index in [2.05, 4.69) is 10.7 Å². The van der Waals surface area contributed by atoms with Gasteiger partial charge < -0.3 is 10.1 Å². The third-order valence-corrected chi connectivity index (χ3v) is 5.28. The van der Waals surface area contributed by atoms with Crippen molar-refractivity contribution >= 4 is 41.0 Å². The van der Waals surface area contributed by atoms with Crippen LogP contribution in [0.2, 0.25) is 5.02 Å². The summed E-state index contributed by atoms with van der Waals surface area (Å²) in [5.41, 5.74) is 5.40. The van der Waals surface area contributed by atoms with Crippen molar-refractivity contribution in [3.63, 3.8) is 0 Å². The summed E-state index contributed by atoms with van der Waals surface area (Å²) in [7, 11) is 0. The minimum Gasteiger partial charge on any atom is -0.455 e. The Labute approximate surface area is 184 Å². The van der Waals surface area contributed by atoms with Gasteiger partial charge in [0.25, 0.3) is 11.8 Å². The molecule has 8 nitrogen and oxygen atoms in total. The Bertz CT molecular complexity index is 1020. The molecule has 1 heterocycles. The number of rotatable bonds is 6. The highest BCUT2D eigenvalue weighted by molar-refractivity contribution is 6.30. The monoisotopic (exact) mass is 443 g/mol. The first-order chi connectivity index (χ1) is 14.7. The predicted molar refractivity (Wildman–Crippen MR) is 114 cm³/mol. The Hall–Kier alpha value is -3.39. The van der Waals surface area contributed by atoms with Gasteiger partial charge in [-0.05, 0) is 55.3 Å². The number of hydrogen-bond acceptors (Lipinski definition) is 5. The molecule has 0 aromatic heterocycles. The molecular weight excluding hydrogens is 422 g/mol. The highest BCUT2D eigenvalue weighted by Crippen LogP contribution is 2.20. The van der Waals surface area contributed by atoms with Gasteiger partial charge in [-0.25, -0.2) is 0 Å². The van der Waals surface area contributed by atoms with Crippen LogP contribution in [0, 0.1) is 19.8 Å². The zero-order chi connectivity index (χ0) is 22.5. The maximum absolute atomic E-state index is 12.3. The van der Waals surface area contributed by atoms with E-state index < -0.39 is 36.2 Å². The first kappa shape index (κ1) is 22.3. The molecule has 31 heavy (non-hydrogen) atoms. The maximum atomic E-state index is 12.3. The molecule has 2 N–H and O–H groups in total. The minimum absolute atomic E-state index is 0.0321. The lowest BCUT2D eigenvalue weighted by Gasteiger charge is -2.17. The van der Waals surface area contributed by atoms with Crippen LogP contribution >= 0.6 is 11.6 Å². The summed E-state index contributed by atoms with van der Waals surface area (Å²) in [6.45, 7) is 3.32. The average Bonchev–Trinajstić information content (AvgIpc) is 3.10. The second kappa shape index (κ2) is 9.61. The van der Waals surface area contributed by atoms with Crippen LogP contribution in [0.4, 0.5) is 5.69 Å². The lowest BCUT2D eigenvalue weighted by atomic mass is 10.1. The first-order valence-electron chi connectivity index (χ1n) is 9.64. The Morgan fingerprint density at radius 2 is 1.84 bits per heavy atom. The normalized spacial score (nSPS) is 15.5. The Morgan fingerprint density at radius 3 is 2.55 bits per heavy atom. The van der Waals surface area contributed by atoms with Gasteiger partial charge in [0.2, 0.25) is 5.91 Å². The molecule has 1 atom stereocenters. The summed E-state index contributed by atoms with van der Waals surface area (Å²) in [5.74, 6) is -2.82. The molecule has 0 unspecified atom stereocenters. The number of benzene rings is 2. The number of nitrogens with one attached hydrogen (secondary N) is 2. The highest BCUT2D eigenvalue weighted by Gasteiger charge is 2.36. The lowest BCUT2D eigenvalue weighted by Crippen LogP contribution is -2.43. The standard InChI is InChI=1S/C22H22ClN3O5/c1-13-4-3-5-18(14(13)2)24-19(27)12-31-22(30)16-10-20(28)26(11-16)25-21(29)15-6-8-17(23)9-7-15/h3-9,16H,10-12H2,1-2H3,(H,24,27)(H,25,29)/t16-/m1/s1. The third-order valence-electron chi connectivity index (χ3n) is 5.03. The molecule has 1 fully saturated rings. The molecule has 1 aliphatic heterocycles. The summed E-state index contributed by atoms with van der Waals surface area (Å²) >= 11 is 5.80. The quantitative estimate of drug-likeness (QED) is 0.668. The Balaban J connectivity index is 1.49. The summed E-state index contributed by atoms with van der Waals surface area (Å²) in [6, 6.07) is 11.7. The molecule has 0 radical (unpaired) electrons. The number of amides is 3. The second-order valence-electron chi connectivity index (χ2n) is 7.26. The summed E-state index contributed by atoms with van der Waals surface area (Å²) in [5, 5.41) is 4.27. The van der Waals surface area contributed by atoms with Crippen LogP contribution in [0.1, 0.15) is 27.9 Å². The fourth-order valence-corrected chi connectivity index (χ4v) is 3.22. The molecule has 162 valence electrons. The summed E-state index contributed by atoms with van der Waals surface area (Å²) in [6.07, 6.45) is -0.113. The average molecular weight is 444 g/mol. The fourth-order valence-electron chi connectivity index (χ4n) is 3.09. The first-order valence-corrected chi connectivity index (χ1v) is 10.0. The number of carbonyl (C=O) groups excluding carboxylic acids is 4. The number of nitrogens with zero attached hydrogens (tertiary/aromatic N) is 1. The van der Waals surface area contributed by atoms with E-state index in [4.69, 9.17) is 16.3 Å². The van der Waals surface area contributed by atoms with Gasteiger partial charge in [-0.3, -0.25) is 29.6 Å². The van der Waals surface area contributed by atoms with Crippen molar-refractivity contribution < 1.29 is 23.9 Å². The van der Waals surface area contributed by atoms with E-state index in [0.717, 1.165) is 16.1 Å². The van der Waals surface area contributed by atoms with Gasteiger partial charge in [0.1, 0.15) is 0 Å². The molecule has 1 aliphatic rings. The number of aryl methyl sites for hydroxylation is 1. The zero-order valence-electron chi connectivity index (χ0n) is 17.1. The van der Waals surface area contributed by atoms with Crippen molar-refractivity contribution in [3.05, 3.63) is 64.2 Å². The SMILES string of the molecule is Cc1cccc(NC(=O)COC(=O)[C@@H]2CC(=O)N(NC(=O)c3ccc(Cl)cc3)C2)c1C. The molecule has 1 saturated heterocycles. The number of halogens is 1. The molecule has 0 aliphatic carbocycles. The summed E-state index contributed by atoms with van der Waals surface area (Å²) < 4.78 is 5.07. The number of esters is 1. The van der Waals surface area contributed by atoms with Gasteiger partial charge >= 0.3 is 5.97 Å². The van der Waals surface area contributed by atoms with Crippen LogP contribution < -0.4 is 10.7 Å². The molecule has 0 bridgehead atoms. The molecule has 2 aromatic carbocycles. The van der Waals surface area contributed by atoms with Crippen LogP contribution in [0.25, 0.3) is 0 Å². The molecule has 3 rings (SSSR count). The highest BCUT2D eigenvalue weighted by atomic mass is 35.5. The second-order valence-corrected chi connectivity index (χ2v) is 7.69. The van der Waals surface area contributed by atoms with Gasteiger partial charge in [-0.15, -0.1) is 0 Å². The number of anilines is 1. The number of hydrazine groups is 1. The van der Waals surface area contributed by atoms with Crippen LogP contribution in [0.15, 0.2) is 42.5 Å². The van der Waals surface area contributed by atoms with Gasteiger partial charge in [0.05, 0.1) is 12.5 Å². The molecule has 9 heteroatoms. The van der Waals surface area contributed by atoms with Crippen molar-refractivity contribution in [3.8, 4) is 0 Å². The van der Waals surface area contributed by atoms with Crippen LogP contribution in [-0.2, 0) is 19.1 Å². The van der Waals surface area contributed by atoms with Gasteiger partial charge in [0.15, 0.2) is 6.61 Å². The zero-order valence-corrected chi connectivity index (χ0v) is 17.9. The van der Waals surface area contributed by atoms with Crippen molar-refractivity contribution in [2.45, 2.75) is 20.3 Å². The molecule has 0 saturated carbocycles. The van der Waals surface area contributed by atoms with E-state index in [-0.39, 0.29) is 13.0 Å². The van der Waals surface area contributed by atoms with Crippen molar-refractivity contribution in [1.82, 2.24) is 10.4 Å². The van der Waals surface area contributed by atoms with Gasteiger partial charge in [-0.2, -0.15) is 0 Å². The lowest BCUT2D eigenvalue weighted by molar-refractivity contribution is -0.151. The number of carbonyl (C=O) groups is 4. The molecular formula is C22H22ClN3O5. The van der Waals surface area contributed by atoms with E-state index in [1.165, 1.54) is 12.1 Å². The Morgan fingerprint density at radius 1 is 1.13 bits per heavy atom. The number of ether oxygens (including phenoxy) is 1. The minimum atomic E-state index is -0.772. The Kier molecular flexibility index (Phi) is 6.91. The third kappa shape index (κ3) is 5.61. The van der Waals surface area contributed by atoms with E-state index in [1.54, 1.807) is 18.2 Å². The van der Waals surface area contributed by atoms with Crippen LogP contribution in [0.3, 0.4) is 0 Å². The molecule has 2 aromatic rings. The van der Waals surface area contributed by atoms with Crippen molar-refractivity contribution in [2.24, 2.45) is 5.92 Å². The van der Waals surface area contributed by atoms with E-state index in [9.17, 15) is 19.2 Å². The smallest absolute Gasteiger partial charge is 0.311 e.